The van der Waals surface area contributed by atoms with Crippen molar-refractivity contribution < 1.29 is 14.1 Å². The van der Waals surface area contributed by atoms with Crippen molar-refractivity contribution in [1.29, 1.82) is 0 Å². The number of rotatable bonds is 4. The van der Waals surface area contributed by atoms with E-state index in [2.05, 4.69) is 46.3 Å². The van der Waals surface area contributed by atoms with E-state index >= 15 is 0 Å². The normalized spacial score (nSPS) is 13.5. The molecule has 0 unspecified atom stereocenters. The highest BCUT2D eigenvalue weighted by molar-refractivity contribution is 9.10. The number of carbonyl (C=O) groups excluding carboxylic acids is 2. The first kappa shape index (κ1) is 22.4. The Morgan fingerprint density at radius 3 is 2.58 bits per heavy atom. The van der Waals surface area contributed by atoms with E-state index in [4.69, 9.17) is 4.52 Å². The van der Waals surface area contributed by atoms with Gasteiger partial charge in [0.15, 0.2) is 0 Å². The van der Waals surface area contributed by atoms with Crippen molar-refractivity contribution >= 4 is 55.0 Å². The lowest BCUT2D eigenvalue weighted by Crippen LogP contribution is -2.52. The summed E-state index contributed by atoms with van der Waals surface area (Å²) in [6.45, 7) is 0.631. The van der Waals surface area contributed by atoms with E-state index in [0.717, 1.165) is 25.3 Å². The number of likely N-dealkylation sites (tertiary alicyclic amines) is 1. The van der Waals surface area contributed by atoms with Crippen LogP contribution in [0.2, 0.25) is 0 Å². The zero-order valence-electron chi connectivity index (χ0n) is 18.5. The van der Waals surface area contributed by atoms with Crippen molar-refractivity contribution in [3.05, 3.63) is 71.3 Å². The van der Waals surface area contributed by atoms with Gasteiger partial charge in [-0.25, -0.2) is 15.0 Å². The van der Waals surface area contributed by atoms with Crippen molar-refractivity contribution in [2.24, 2.45) is 0 Å². The molecule has 1 fully saturated rings. The molecule has 2 amide bonds. The molecule has 0 radical (unpaired) electrons. The first-order valence-corrected chi connectivity index (χ1v) is 12.5. The topological polar surface area (TPSA) is 127 Å². The van der Waals surface area contributed by atoms with Gasteiger partial charge in [0, 0.05) is 41.2 Å². The predicted molar refractivity (Wildman–Crippen MR) is 136 cm³/mol. The van der Waals surface area contributed by atoms with E-state index in [1.165, 1.54) is 4.90 Å². The summed E-state index contributed by atoms with van der Waals surface area (Å²) in [5.41, 5.74) is 2.38. The van der Waals surface area contributed by atoms with Crippen LogP contribution in [-0.4, -0.2) is 54.9 Å². The number of anilines is 1. The van der Waals surface area contributed by atoms with Crippen LogP contribution >= 0.6 is 27.3 Å². The lowest BCUT2D eigenvalue weighted by molar-refractivity contribution is -0.146. The van der Waals surface area contributed by atoms with Gasteiger partial charge in [0.1, 0.15) is 5.01 Å². The number of halogens is 1. The third-order valence-corrected chi connectivity index (χ3v) is 7.24. The molecular formula is C24H16BrN7O3S. The number of aromatic nitrogens is 5. The number of carbonyl (C=O) groups is 2. The number of amides is 2. The Balaban J connectivity index is 1.05. The molecule has 1 saturated heterocycles. The van der Waals surface area contributed by atoms with E-state index < -0.39 is 11.8 Å². The van der Waals surface area contributed by atoms with Gasteiger partial charge in [-0.15, -0.1) is 11.3 Å². The largest absolute Gasteiger partial charge is 0.338 e. The Labute approximate surface area is 216 Å². The average Bonchev–Trinajstić information content (AvgIpc) is 3.51. The highest BCUT2D eigenvalue weighted by atomic mass is 79.9. The number of fused-ring (bicyclic) bond motifs is 1. The second-order valence-corrected chi connectivity index (χ2v) is 10.0. The van der Waals surface area contributed by atoms with E-state index in [0.29, 0.717) is 30.5 Å². The molecule has 1 N–H and O–H groups in total. The molecule has 2 aromatic carbocycles. The van der Waals surface area contributed by atoms with Crippen LogP contribution in [0.3, 0.4) is 0 Å². The zero-order valence-corrected chi connectivity index (χ0v) is 20.9. The van der Waals surface area contributed by atoms with Gasteiger partial charge in [0.25, 0.3) is 0 Å². The Kier molecular flexibility index (Phi) is 5.74. The van der Waals surface area contributed by atoms with Gasteiger partial charge in [-0.3, -0.25) is 9.59 Å². The van der Waals surface area contributed by atoms with E-state index in [1.807, 2.05) is 30.3 Å². The number of benzene rings is 2. The standard InChI is InChI=1S/C24H16BrN7O3S/c25-15-4-7-18-17(10-15)29-23(36-18)13-2-5-16(6-3-13)28-21(33)24(34)32-11-14(12-32)22-30-20(31-35-22)19-26-8-1-9-27-19/h1-10,14H,11-12H2,(H,28,33). The van der Waals surface area contributed by atoms with Crippen LogP contribution in [0.5, 0.6) is 0 Å². The van der Waals surface area contributed by atoms with Gasteiger partial charge < -0.3 is 14.7 Å². The van der Waals surface area contributed by atoms with Gasteiger partial charge >= 0.3 is 11.8 Å². The summed E-state index contributed by atoms with van der Waals surface area (Å²) in [6.07, 6.45) is 3.18. The third-order valence-electron chi connectivity index (χ3n) is 5.66. The zero-order chi connectivity index (χ0) is 24.6. The van der Waals surface area contributed by atoms with Gasteiger partial charge in [0.2, 0.25) is 17.5 Å². The van der Waals surface area contributed by atoms with Crippen LogP contribution in [0.1, 0.15) is 11.8 Å². The fourth-order valence-corrected chi connectivity index (χ4v) is 5.06. The SMILES string of the molecule is O=C(Nc1ccc(-c2nc3cc(Br)ccc3s2)cc1)C(=O)N1CC(c2nc(-c3ncccn3)no2)C1. The van der Waals surface area contributed by atoms with Gasteiger partial charge in [-0.05, 0) is 48.5 Å². The second kappa shape index (κ2) is 9.21. The minimum absolute atomic E-state index is 0.138. The Bertz CT molecular complexity index is 1580. The molecule has 0 atom stereocenters. The van der Waals surface area contributed by atoms with E-state index in [9.17, 15) is 9.59 Å². The first-order chi connectivity index (χ1) is 17.5. The van der Waals surface area contributed by atoms with Crippen molar-refractivity contribution in [3.8, 4) is 22.2 Å². The van der Waals surface area contributed by atoms with Crippen LogP contribution in [0.25, 0.3) is 32.4 Å². The van der Waals surface area contributed by atoms with Gasteiger partial charge in [0.05, 0.1) is 16.1 Å². The molecule has 0 saturated carbocycles. The minimum atomic E-state index is -0.699. The van der Waals surface area contributed by atoms with Crippen molar-refractivity contribution in [2.45, 2.75) is 5.92 Å². The molecule has 0 aliphatic carbocycles. The maximum atomic E-state index is 12.6. The summed E-state index contributed by atoms with van der Waals surface area (Å²) in [5.74, 6) is -0.412. The quantitative estimate of drug-likeness (QED) is 0.324. The lowest BCUT2D eigenvalue weighted by atomic mass is 10.00. The summed E-state index contributed by atoms with van der Waals surface area (Å²) in [6, 6.07) is 14.9. The van der Waals surface area contributed by atoms with Crippen LogP contribution in [0.4, 0.5) is 5.69 Å². The third kappa shape index (κ3) is 4.36. The molecule has 4 heterocycles. The van der Waals surface area contributed by atoms with Gasteiger partial charge in [-0.2, -0.15) is 4.98 Å². The predicted octanol–water partition coefficient (Wildman–Crippen LogP) is 4.13. The van der Waals surface area contributed by atoms with Crippen LogP contribution in [0.15, 0.2) is 69.9 Å². The molecule has 10 nitrogen and oxygen atoms in total. The Morgan fingerprint density at radius 2 is 1.81 bits per heavy atom. The molecular weight excluding hydrogens is 546 g/mol. The number of hydrogen-bond acceptors (Lipinski definition) is 9. The second-order valence-electron chi connectivity index (χ2n) is 8.10. The average molecular weight is 562 g/mol. The number of nitrogens with one attached hydrogen (secondary N) is 1. The van der Waals surface area contributed by atoms with Crippen LogP contribution in [0, 0.1) is 0 Å². The molecule has 1 aliphatic rings. The maximum absolute atomic E-state index is 12.6. The molecule has 36 heavy (non-hydrogen) atoms. The fraction of sp³-hybridized carbons (Fsp3) is 0.125. The molecule has 1 aliphatic heterocycles. The number of hydrogen-bond donors (Lipinski definition) is 1. The lowest BCUT2D eigenvalue weighted by Gasteiger charge is -2.36. The van der Waals surface area contributed by atoms with Crippen LogP contribution < -0.4 is 5.32 Å². The molecule has 5 aromatic rings. The highest BCUT2D eigenvalue weighted by Crippen LogP contribution is 2.32. The summed E-state index contributed by atoms with van der Waals surface area (Å²) in [7, 11) is 0. The molecule has 178 valence electrons. The molecule has 6 rings (SSSR count). The first-order valence-electron chi connectivity index (χ1n) is 10.9. The number of thiazole rings is 1. The Morgan fingerprint density at radius 1 is 1.03 bits per heavy atom. The van der Waals surface area contributed by atoms with Crippen molar-refractivity contribution in [2.75, 3.05) is 18.4 Å². The maximum Gasteiger partial charge on any atom is 0.313 e. The highest BCUT2D eigenvalue weighted by Gasteiger charge is 2.38. The fourth-order valence-electron chi connectivity index (χ4n) is 3.76. The molecule has 0 bridgehead atoms. The van der Waals surface area contributed by atoms with E-state index in [1.54, 1.807) is 41.9 Å². The smallest absolute Gasteiger partial charge is 0.313 e. The summed E-state index contributed by atoms with van der Waals surface area (Å²) in [4.78, 5) is 43.7. The summed E-state index contributed by atoms with van der Waals surface area (Å²) in [5, 5.41) is 7.44. The number of nitrogens with zero attached hydrogens (tertiary/aromatic N) is 6. The Hall–Kier alpha value is -4.03. The minimum Gasteiger partial charge on any atom is -0.338 e. The van der Waals surface area contributed by atoms with E-state index in [-0.39, 0.29) is 11.7 Å². The van der Waals surface area contributed by atoms with Gasteiger partial charge in [-0.1, -0.05) is 21.1 Å². The van der Waals surface area contributed by atoms with Crippen molar-refractivity contribution in [3.63, 3.8) is 0 Å². The summed E-state index contributed by atoms with van der Waals surface area (Å²) >= 11 is 5.06. The molecule has 3 aromatic heterocycles. The van der Waals surface area contributed by atoms with Crippen molar-refractivity contribution in [1.82, 2.24) is 30.0 Å². The van der Waals surface area contributed by atoms with Crippen LogP contribution in [-0.2, 0) is 9.59 Å². The monoisotopic (exact) mass is 561 g/mol. The molecule has 0 spiro atoms. The molecule has 12 heteroatoms. The summed E-state index contributed by atoms with van der Waals surface area (Å²) < 4.78 is 7.36.